The zero-order valence-corrected chi connectivity index (χ0v) is 12.1. The minimum Gasteiger partial charge on any atom is -0.381 e. The molecule has 0 spiro atoms. The molecule has 6 nitrogen and oxygen atoms in total. The third-order valence-electron chi connectivity index (χ3n) is 3.31. The Morgan fingerprint density at radius 3 is 2.60 bits per heavy atom. The highest BCUT2D eigenvalue weighted by atomic mass is 32.2. The van der Waals surface area contributed by atoms with Crippen LogP contribution in [-0.4, -0.2) is 33.6 Å². The molecule has 1 amide bonds. The van der Waals surface area contributed by atoms with Crippen molar-refractivity contribution in [2.45, 2.75) is 30.7 Å². The zero-order chi connectivity index (χ0) is 14.8. The van der Waals surface area contributed by atoms with Crippen molar-refractivity contribution in [1.82, 2.24) is 5.32 Å². The minimum atomic E-state index is -3.82. The van der Waals surface area contributed by atoms with Crippen molar-refractivity contribution in [3.05, 3.63) is 29.3 Å². The summed E-state index contributed by atoms with van der Waals surface area (Å²) in [5.41, 5.74) is 0.821. The fourth-order valence-electron chi connectivity index (χ4n) is 2.16. The van der Waals surface area contributed by atoms with Gasteiger partial charge in [-0.1, -0.05) is 6.07 Å². The molecule has 0 aliphatic carbocycles. The van der Waals surface area contributed by atoms with E-state index in [2.05, 4.69) is 5.32 Å². The van der Waals surface area contributed by atoms with Crippen molar-refractivity contribution in [3.8, 4) is 0 Å². The lowest BCUT2D eigenvalue weighted by Gasteiger charge is -2.23. The van der Waals surface area contributed by atoms with E-state index in [0.717, 1.165) is 12.8 Å². The van der Waals surface area contributed by atoms with Gasteiger partial charge in [0, 0.05) is 24.8 Å². The molecule has 110 valence electrons. The smallest absolute Gasteiger partial charge is 0.251 e. The van der Waals surface area contributed by atoms with Gasteiger partial charge in [0.15, 0.2) is 0 Å². The van der Waals surface area contributed by atoms with Crippen molar-refractivity contribution < 1.29 is 17.9 Å². The van der Waals surface area contributed by atoms with E-state index in [-0.39, 0.29) is 16.8 Å². The van der Waals surface area contributed by atoms with Gasteiger partial charge in [-0.15, -0.1) is 0 Å². The number of primary sulfonamides is 1. The predicted molar refractivity (Wildman–Crippen MR) is 73.9 cm³/mol. The molecule has 0 bridgehead atoms. The molecule has 0 unspecified atom stereocenters. The standard InChI is InChI=1S/C13H18N2O4S/c1-9-2-3-10(8-12(9)20(14,17)18)13(16)15-11-4-6-19-7-5-11/h2-3,8,11H,4-7H2,1H3,(H,15,16)(H2,14,17,18). The molecule has 3 N–H and O–H groups in total. The van der Waals surface area contributed by atoms with Gasteiger partial charge in [0.2, 0.25) is 10.0 Å². The number of carbonyl (C=O) groups is 1. The number of rotatable bonds is 3. The normalized spacial score (nSPS) is 16.9. The lowest BCUT2D eigenvalue weighted by atomic mass is 10.1. The Morgan fingerprint density at radius 1 is 1.35 bits per heavy atom. The number of hydrogen-bond donors (Lipinski definition) is 2. The summed E-state index contributed by atoms with van der Waals surface area (Å²) in [4.78, 5) is 12.1. The topological polar surface area (TPSA) is 98.5 Å². The van der Waals surface area contributed by atoms with Crippen LogP contribution in [0.25, 0.3) is 0 Å². The number of ether oxygens (including phenoxy) is 1. The van der Waals surface area contributed by atoms with Crippen LogP contribution in [0.2, 0.25) is 0 Å². The van der Waals surface area contributed by atoms with E-state index in [0.29, 0.717) is 24.3 Å². The summed E-state index contributed by atoms with van der Waals surface area (Å²) in [6.45, 7) is 2.89. The average Bonchev–Trinajstić information content (AvgIpc) is 2.39. The Hall–Kier alpha value is -1.44. The van der Waals surface area contributed by atoms with Gasteiger partial charge in [-0.25, -0.2) is 13.6 Å². The van der Waals surface area contributed by atoms with Crippen LogP contribution in [-0.2, 0) is 14.8 Å². The Balaban J connectivity index is 2.18. The van der Waals surface area contributed by atoms with E-state index >= 15 is 0 Å². The van der Waals surface area contributed by atoms with E-state index in [1.807, 2.05) is 0 Å². The zero-order valence-electron chi connectivity index (χ0n) is 11.3. The summed E-state index contributed by atoms with van der Waals surface area (Å²) in [7, 11) is -3.82. The van der Waals surface area contributed by atoms with Crippen molar-refractivity contribution >= 4 is 15.9 Å². The highest BCUT2D eigenvalue weighted by Crippen LogP contribution is 2.16. The van der Waals surface area contributed by atoms with Crippen LogP contribution in [0.5, 0.6) is 0 Å². The van der Waals surface area contributed by atoms with E-state index in [9.17, 15) is 13.2 Å². The quantitative estimate of drug-likeness (QED) is 0.851. The molecular formula is C13H18N2O4S. The van der Waals surface area contributed by atoms with Gasteiger partial charge in [0.1, 0.15) is 0 Å². The number of benzene rings is 1. The van der Waals surface area contributed by atoms with Crippen LogP contribution in [0.15, 0.2) is 23.1 Å². The van der Waals surface area contributed by atoms with Gasteiger partial charge in [-0.05, 0) is 37.5 Å². The van der Waals surface area contributed by atoms with Crippen LogP contribution in [0.1, 0.15) is 28.8 Å². The molecule has 0 saturated carbocycles. The summed E-state index contributed by atoms with van der Waals surface area (Å²) < 4.78 is 28.1. The molecule has 0 radical (unpaired) electrons. The Bertz CT molecular complexity index is 607. The first-order valence-corrected chi connectivity index (χ1v) is 7.94. The molecule has 7 heteroatoms. The van der Waals surface area contributed by atoms with Crippen LogP contribution in [0.4, 0.5) is 0 Å². The van der Waals surface area contributed by atoms with Crippen LogP contribution < -0.4 is 10.5 Å². The molecule has 1 heterocycles. The summed E-state index contributed by atoms with van der Waals surface area (Å²) in [6, 6.07) is 4.56. The summed E-state index contributed by atoms with van der Waals surface area (Å²) >= 11 is 0. The second-order valence-corrected chi connectivity index (χ2v) is 6.42. The maximum atomic E-state index is 12.1. The Kier molecular flexibility index (Phi) is 4.42. The fraction of sp³-hybridized carbons (Fsp3) is 0.462. The third kappa shape index (κ3) is 3.56. The second-order valence-electron chi connectivity index (χ2n) is 4.89. The van der Waals surface area contributed by atoms with Crippen LogP contribution >= 0.6 is 0 Å². The number of nitrogens with one attached hydrogen (secondary N) is 1. The number of carbonyl (C=O) groups excluding carboxylic acids is 1. The number of aryl methyl sites for hydroxylation is 1. The molecule has 1 aliphatic rings. The van der Waals surface area contributed by atoms with Gasteiger partial charge in [-0.3, -0.25) is 4.79 Å². The van der Waals surface area contributed by atoms with E-state index in [1.165, 1.54) is 6.07 Å². The molecule has 1 aromatic carbocycles. The predicted octanol–water partition coefficient (Wildman–Crippen LogP) is 0.551. The first kappa shape index (κ1) is 15.0. The van der Waals surface area contributed by atoms with Crippen LogP contribution in [0, 0.1) is 6.92 Å². The maximum absolute atomic E-state index is 12.1. The lowest BCUT2D eigenvalue weighted by molar-refractivity contribution is 0.0696. The monoisotopic (exact) mass is 298 g/mol. The Labute approximate surface area is 118 Å². The molecule has 1 aromatic rings. The van der Waals surface area contributed by atoms with Gasteiger partial charge in [0.05, 0.1) is 4.90 Å². The molecule has 1 fully saturated rings. The molecule has 0 atom stereocenters. The highest BCUT2D eigenvalue weighted by molar-refractivity contribution is 7.89. The van der Waals surface area contributed by atoms with Crippen molar-refractivity contribution in [1.29, 1.82) is 0 Å². The largest absolute Gasteiger partial charge is 0.381 e. The molecule has 1 saturated heterocycles. The van der Waals surface area contributed by atoms with E-state index in [1.54, 1.807) is 19.1 Å². The summed E-state index contributed by atoms with van der Waals surface area (Å²) in [5.74, 6) is -0.290. The first-order valence-electron chi connectivity index (χ1n) is 6.40. The molecule has 0 aromatic heterocycles. The SMILES string of the molecule is Cc1ccc(C(=O)NC2CCOCC2)cc1S(N)(=O)=O. The molecular weight excluding hydrogens is 280 g/mol. The number of amides is 1. The summed E-state index contributed by atoms with van der Waals surface area (Å²) in [6.07, 6.45) is 1.53. The first-order chi connectivity index (χ1) is 9.38. The van der Waals surface area contributed by atoms with E-state index in [4.69, 9.17) is 9.88 Å². The number of hydrogen-bond acceptors (Lipinski definition) is 4. The molecule has 1 aliphatic heterocycles. The molecule has 20 heavy (non-hydrogen) atoms. The van der Waals surface area contributed by atoms with Crippen LogP contribution in [0.3, 0.4) is 0 Å². The lowest BCUT2D eigenvalue weighted by Crippen LogP contribution is -2.39. The van der Waals surface area contributed by atoms with Gasteiger partial charge < -0.3 is 10.1 Å². The fourth-order valence-corrected chi connectivity index (χ4v) is 2.97. The summed E-state index contributed by atoms with van der Waals surface area (Å²) in [5, 5.41) is 8.01. The van der Waals surface area contributed by atoms with Gasteiger partial charge in [0.25, 0.3) is 5.91 Å². The van der Waals surface area contributed by atoms with Crippen molar-refractivity contribution in [2.24, 2.45) is 5.14 Å². The van der Waals surface area contributed by atoms with Crippen molar-refractivity contribution in [2.75, 3.05) is 13.2 Å². The number of nitrogens with two attached hydrogens (primary N) is 1. The minimum absolute atomic E-state index is 0.0165. The third-order valence-corrected chi connectivity index (χ3v) is 4.37. The van der Waals surface area contributed by atoms with Gasteiger partial charge in [-0.2, -0.15) is 0 Å². The van der Waals surface area contributed by atoms with Crippen molar-refractivity contribution in [3.63, 3.8) is 0 Å². The van der Waals surface area contributed by atoms with Gasteiger partial charge >= 0.3 is 0 Å². The average molecular weight is 298 g/mol. The molecule has 2 rings (SSSR count). The number of sulfonamides is 1. The highest BCUT2D eigenvalue weighted by Gasteiger charge is 2.19. The Morgan fingerprint density at radius 2 is 2.00 bits per heavy atom. The maximum Gasteiger partial charge on any atom is 0.251 e. The second kappa shape index (κ2) is 5.90. The van der Waals surface area contributed by atoms with E-state index < -0.39 is 10.0 Å².